The number of benzene rings is 1. The van der Waals surface area contributed by atoms with E-state index in [1.54, 1.807) is 18.2 Å². The highest BCUT2D eigenvalue weighted by Crippen LogP contribution is 2.31. The van der Waals surface area contributed by atoms with Gasteiger partial charge in [-0.15, -0.1) is 0 Å². The second-order valence-corrected chi connectivity index (χ2v) is 5.16. The number of fused-ring (bicyclic) bond motifs is 1. The zero-order chi connectivity index (χ0) is 18.0. The molecule has 0 saturated heterocycles. The molecule has 0 bridgehead atoms. The Morgan fingerprint density at radius 3 is 2.54 bits per heavy atom. The van der Waals surface area contributed by atoms with Crippen LogP contribution in [0.5, 0.6) is 11.5 Å². The summed E-state index contributed by atoms with van der Waals surface area (Å²) in [7, 11) is 4.09. The fourth-order valence-corrected chi connectivity index (χ4v) is 2.44. The van der Waals surface area contributed by atoms with E-state index in [0.717, 1.165) is 0 Å². The van der Waals surface area contributed by atoms with Gasteiger partial charge in [-0.05, 0) is 19.1 Å². The first-order valence-corrected chi connectivity index (χ1v) is 7.10. The van der Waals surface area contributed by atoms with E-state index in [2.05, 4.69) is 10.1 Å². The minimum absolute atomic E-state index is 0.285. The van der Waals surface area contributed by atoms with Gasteiger partial charge in [-0.3, -0.25) is 9.59 Å². The van der Waals surface area contributed by atoms with Crippen LogP contribution in [0.2, 0.25) is 0 Å². The van der Waals surface area contributed by atoms with Crippen molar-refractivity contribution in [2.75, 3.05) is 14.2 Å². The molecular formula is C16H18N2O6. The summed E-state index contributed by atoms with van der Waals surface area (Å²) in [6, 6.07) is 3.87. The van der Waals surface area contributed by atoms with Crippen molar-refractivity contribution in [1.82, 2.24) is 9.88 Å². The number of hydrogen-bond donors (Lipinski definition) is 2. The largest absolute Gasteiger partial charge is 0.506 e. The maximum absolute atomic E-state index is 12.5. The van der Waals surface area contributed by atoms with Crippen LogP contribution < -0.4 is 15.6 Å². The molecule has 1 amide bonds. The highest BCUT2D eigenvalue weighted by molar-refractivity contribution is 6.04. The molecule has 1 aromatic heterocycles. The van der Waals surface area contributed by atoms with Crippen LogP contribution in [0.3, 0.4) is 0 Å². The first kappa shape index (κ1) is 17.3. The van der Waals surface area contributed by atoms with E-state index in [1.165, 1.54) is 32.8 Å². The molecule has 0 aliphatic heterocycles. The molecule has 8 nitrogen and oxygen atoms in total. The lowest BCUT2D eigenvalue weighted by molar-refractivity contribution is -0.142. The first-order valence-electron chi connectivity index (χ1n) is 7.10. The van der Waals surface area contributed by atoms with Crippen molar-refractivity contribution >= 4 is 22.8 Å². The second-order valence-electron chi connectivity index (χ2n) is 5.16. The summed E-state index contributed by atoms with van der Waals surface area (Å²) in [5, 5.41) is 13.0. The number of aryl methyl sites for hydroxylation is 1. The minimum Gasteiger partial charge on any atom is -0.506 e. The van der Waals surface area contributed by atoms with Gasteiger partial charge in [-0.1, -0.05) is 6.07 Å². The van der Waals surface area contributed by atoms with Crippen molar-refractivity contribution in [3.8, 4) is 11.5 Å². The zero-order valence-electron chi connectivity index (χ0n) is 13.7. The van der Waals surface area contributed by atoms with Crippen LogP contribution in [0, 0.1) is 0 Å². The van der Waals surface area contributed by atoms with Crippen molar-refractivity contribution < 1.29 is 24.2 Å². The normalized spacial score (nSPS) is 11.8. The molecular weight excluding hydrogens is 316 g/mol. The molecule has 0 radical (unpaired) electrons. The van der Waals surface area contributed by atoms with Crippen molar-refractivity contribution in [3.05, 3.63) is 34.1 Å². The van der Waals surface area contributed by atoms with Gasteiger partial charge in [0.1, 0.15) is 23.1 Å². The van der Waals surface area contributed by atoms with Crippen LogP contribution in [0.1, 0.15) is 17.3 Å². The summed E-state index contributed by atoms with van der Waals surface area (Å²) < 4.78 is 10.9. The van der Waals surface area contributed by atoms with Gasteiger partial charge in [0.15, 0.2) is 0 Å². The van der Waals surface area contributed by atoms with Gasteiger partial charge in [0.05, 0.1) is 19.7 Å². The van der Waals surface area contributed by atoms with E-state index < -0.39 is 34.8 Å². The fraction of sp³-hybridized carbons (Fsp3) is 0.312. The number of aromatic nitrogens is 1. The highest BCUT2D eigenvalue weighted by atomic mass is 16.5. The van der Waals surface area contributed by atoms with E-state index in [4.69, 9.17) is 4.74 Å². The van der Waals surface area contributed by atoms with Crippen molar-refractivity contribution in [1.29, 1.82) is 0 Å². The lowest BCUT2D eigenvalue weighted by Gasteiger charge is -2.15. The van der Waals surface area contributed by atoms with E-state index in [0.29, 0.717) is 11.3 Å². The first-order chi connectivity index (χ1) is 11.3. The van der Waals surface area contributed by atoms with Crippen molar-refractivity contribution in [3.63, 3.8) is 0 Å². The SMILES string of the molecule is COC(=O)[C@H](C)NC(=O)c1c(O)c2cccc(OC)c2n(C)c1=O. The van der Waals surface area contributed by atoms with Crippen molar-refractivity contribution in [2.45, 2.75) is 13.0 Å². The lowest BCUT2D eigenvalue weighted by Crippen LogP contribution is -2.41. The number of hydrogen-bond acceptors (Lipinski definition) is 6. The summed E-state index contributed by atoms with van der Waals surface area (Å²) in [6.45, 7) is 1.41. The molecule has 1 heterocycles. The van der Waals surface area contributed by atoms with Gasteiger partial charge >= 0.3 is 5.97 Å². The van der Waals surface area contributed by atoms with E-state index in [9.17, 15) is 19.5 Å². The second kappa shape index (κ2) is 6.61. The summed E-state index contributed by atoms with van der Waals surface area (Å²) in [4.78, 5) is 36.3. The standard InChI is InChI=1S/C16H18N2O6/c1-8(16(22)24-4)17-14(20)11-13(19)9-6-5-7-10(23-3)12(9)18(2)15(11)21/h5-8,19H,1-4H3,(H,17,20)/t8-/m0/s1. The van der Waals surface area contributed by atoms with E-state index in [-0.39, 0.29) is 5.39 Å². The van der Waals surface area contributed by atoms with Gasteiger partial charge in [0.2, 0.25) is 0 Å². The average molecular weight is 334 g/mol. The summed E-state index contributed by atoms with van der Waals surface area (Å²) >= 11 is 0. The molecule has 24 heavy (non-hydrogen) atoms. The maximum Gasteiger partial charge on any atom is 0.328 e. The van der Waals surface area contributed by atoms with Gasteiger partial charge in [0, 0.05) is 12.4 Å². The van der Waals surface area contributed by atoms with Crippen molar-refractivity contribution in [2.24, 2.45) is 7.05 Å². The number of para-hydroxylation sites is 1. The number of rotatable bonds is 4. The average Bonchev–Trinajstić information content (AvgIpc) is 2.58. The molecule has 0 aliphatic carbocycles. The number of pyridine rings is 1. The molecule has 0 fully saturated rings. The summed E-state index contributed by atoms with van der Waals surface area (Å²) in [5.74, 6) is -1.61. The maximum atomic E-state index is 12.5. The topological polar surface area (TPSA) is 107 Å². The number of methoxy groups -OCH3 is 2. The number of amides is 1. The molecule has 0 saturated carbocycles. The van der Waals surface area contributed by atoms with Crippen LogP contribution in [-0.4, -0.2) is 41.8 Å². The van der Waals surface area contributed by atoms with E-state index >= 15 is 0 Å². The number of esters is 1. The molecule has 2 N–H and O–H groups in total. The van der Waals surface area contributed by atoms with Crippen LogP contribution in [0.15, 0.2) is 23.0 Å². The molecule has 0 spiro atoms. The lowest BCUT2D eigenvalue weighted by atomic mass is 10.1. The molecule has 128 valence electrons. The van der Waals surface area contributed by atoms with Gasteiger partial charge in [-0.2, -0.15) is 0 Å². The Hall–Kier alpha value is -3.03. The molecule has 8 heteroatoms. The minimum atomic E-state index is -0.965. The van der Waals surface area contributed by atoms with Gasteiger partial charge in [0.25, 0.3) is 11.5 Å². The summed E-state index contributed by atoms with van der Waals surface area (Å²) in [6.07, 6.45) is 0. The Bertz CT molecular complexity index is 871. The number of aromatic hydroxyl groups is 1. The third kappa shape index (κ3) is 2.78. The fourth-order valence-electron chi connectivity index (χ4n) is 2.44. The van der Waals surface area contributed by atoms with E-state index in [1.807, 2.05) is 0 Å². The van der Waals surface area contributed by atoms with Gasteiger partial charge < -0.3 is 24.5 Å². The monoisotopic (exact) mass is 334 g/mol. The van der Waals surface area contributed by atoms with Crippen LogP contribution in [0.4, 0.5) is 0 Å². The predicted octanol–water partition coefficient (Wildman–Crippen LogP) is 0.544. The third-order valence-corrected chi connectivity index (χ3v) is 3.69. The smallest absolute Gasteiger partial charge is 0.328 e. The molecule has 2 aromatic rings. The molecule has 1 aromatic carbocycles. The molecule has 1 atom stereocenters. The number of nitrogens with one attached hydrogen (secondary N) is 1. The number of nitrogens with zero attached hydrogens (tertiary/aromatic N) is 1. The van der Waals surface area contributed by atoms with Crippen LogP contribution in [0.25, 0.3) is 10.9 Å². The molecule has 0 unspecified atom stereocenters. The number of ether oxygens (including phenoxy) is 2. The zero-order valence-corrected chi connectivity index (χ0v) is 13.7. The highest BCUT2D eigenvalue weighted by Gasteiger charge is 2.25. The Kier molecular flexibility index (Phi) is 4.77. The predicted molar refractivity (Wildman–Crippen MR) is 86.4 cm³/mol. The van der Waals surface area contributed by atoms with Gasteiger partial charge in [-0.25, -0.2) is 4.79 Å². The molecule has 0 aliphatic rings. The third-order valence-electron chi connectivity index (χ3n) is 3.69. The number of carbonyl (C=O) groups excluding carboxylic acids is 2. The molecule has 2 rings (SSSR count). The Morgan fingerprint density at radius 1 is 1.29 bits per heavy atom. The Morgan fingerprint density at radius 2 is 1.96 bits per heavy atom. The van der Waals surface area contributed by atoms with Crippen LogP contribution in [-0.2, 0) is 16.6 Å². The number of carbonyl (C=O) groups is 2. The Balaban J connectivity index is 2.62. The summed E-state index contributed by atoms with van der Waals surface area (Å²) in [5.41, 5.74) is -0.798. The quantitative estimate of drug-likeness (QED) is 0.791. The Labute approximate surface area is 137 Å². The van der Waals surface area contributed by atoms with Crippen LogP contribution >= 0.6 is 0 Å².